The van der Waals surface area contributed by atoms with E-state index in [2.05, 4.69) is 24.4 Å². The highest BCUT2D eigenvalue weighted by Gasteiger charge is 2.11. The number of rotatable bonds is 8. The van der Waals surface area contributed by atoms with Crippen LogP contribution in [0.25, 0.3) is 0 Å². The number of aromatic hydroxyl groups is 2. The van der Waals surface area contributed by atoms with Crippen molar-refractivity contribution in [2.24, 2.45) is 0 Å². The van der Waals surface area contributed by atoms with Crippen molar-refractivity contribution in [3.63, 3.8) is 0 Å². The zero-order valence-electron chi connectivity index (χ0n) is 15.9. The van der Waals surface area contributed by atoms with Gasteiger partial charge in [-0.05, 0) is 36.6 Å². The van der Waals surface area contributed by atoms with Gasteiger partial charge >= 0.3 is 11.9 Å². The molecule has 0 unspecified atom stereocenters. The standard InChI is InChI=1S/C17H21NO3.C4H4O4/c1-12(7-13-5-3-2-4-6-13)18-11-17(21)14-8-15(19)10-16(20)9-14;5-3(6)1-2-4(7)8/h2-6,8-10,12,17-21H,7,11H2,1H3;1-2H,(H,5,6)(H,7,8)/b;2-1+/t12-,17-;/m0./s1. The van der Waals surface area contributed by atoms with Crippen molar-refractivity contribution in [1.82, 2.24) is 5.32 Å². The number of phenols is 2. The lowest BCUT2D eigenvalue weighted by molar-refractivity contribution is -0.134. The molecule has 0 heterocycles. The molecular weight excluding hydrogens is 378 g/mol. The maximum absolute atomic E-state index is 10.1. The van der Waals surface area contributed by atoms with Gasteiger partial charge in [0.15, 0.2) is 0 Å². The van der Waals surface area contributed by atoms with Crippen LogP contribution in [0.5, 0.6) is 11.5 Å². The normalized spacial score (nSPS) is 12.6. The van der Waals surface area contributed by atoms with Crippen LogP contribution in [0.2, 0.25) is 0 Å². The number of aliphatic carboxylic acids is 2. The largest absolute Gasteiger partial charge is 0.508 e. The number of carboxylic acid groups (broad SMARTS) is 2. The maximum atomic E-state index is 10.1. The second kappa shape index (κ2) is 12.2. The number of benzene rings is 2. The van der Waals surface area contributed by atoms with E-state index in [1.165, 1.54) is 23.8 Å². The molecule has 8 heteroatoms. The molecule has 2 atom stereocenters. The Balaban J connectivity index is 0.000000447. The van der Waals surface area contributed by atoms with Crippen LogP contribution < -0.4 is 5.32 Å². The summed E-state index contributed by atoms with van der Waals surface area (Å²) in [5, 5.41) is 47.8. The van der Waals surface area contributed by atoms with Gasteiger partial charge in [-0.1, -0.05) is 30.3 Å². The smallest absolute Gasteiger partial charge is 0.328 e. The van der Waals surface area contributed by atoms with Crippen LogP contribution in [0, 0.1) is 0 Å². The van der Waals surface area contributed by atoms with Crippen LogP contribution in [0.15, 0.2) is 60.7 Å². The lowest BCUT2D eigenvalue weighted by Crippen LogP contribution is -2.32. The van der Waals surface area contributed by atoms with Crippen molar-refractivity contribution in [3.05, 3.63) is 71.8 Å². The molecule has 0 radical (unpaired) electrons. The highest BCUT2D eigenvalue weighted by atomic mass is 16.4. The molecule has 0 saturated carbocycles. The molecule has 156 valence electrons. The summed E-state index contributed by atoms with van der Waals surface area (Å²) in [6.45, 7) is 2.41. The first kappa shape index (κ1) is 23.7. The monoisotopic (exact) mass is 403 g/mol. The summed E-state index contributed by atoms with van der Waals surface area (Å²) in [6, 6.07) is 14.5. The first-order valence-corrected chi connectivity index (χ1v) is 8.79. The quantitative estimate of drug-likeness (QED) is 0.367. The summed E-state index contributed by atoms with van der Waals surface area (Å²) < 4.78 is 0. The van der Waals surface area contributed by atoms with Crippen LogP contribution in [-0.2, 0) is 16.0 Å². The minimum Gasteiger partial charge on any atom is -0.508 e. The van der Waals surface area contributed by atoms with Crippen LogP contribution in [0.1, 0.15) is 24.2 Å². The topological polar surface area (TPSA) is 147 Å². The Morgan fingerprint density at radius 2 is 1.48 bits per heavy atom. The fraction of sp³-hybridized carbons (Fsp3) is 0.238. The number of aliphatic hydroxyl groups excluding tert-OH is 1. The number of phenolic OH excluding ortho intramolecular Hbond substituents is 2. The van der Waals surface area contributed by atoms with Crippen LogP contribution in [-0.4, -0.2) is 50.1 Å². The molecular formula is C21H25NO7. The molecule has 0 bridgehead atoms. The van der Waals surface area contributed by atoms with E-state index in [4.69, 9.17) is 10.2 Å². The molecule has 0 saturated heterocycles. The summed E-state index contributed by atoms with van der Waals surface area (Å²) >= 11 is 0. The Labute approximate surface area is 168 Å². The maximum Gasteiger partial charge on any atom is 0.328 e. The van der Waals surface area contributed by atoms with E-state index in [-0.39, 0.29) is 17.5 Å². The first-order valence-electron chi connectivity index (χ1n) is 8.79. The highest BCUT2D eigenvalue weighted by molar-refractivity contribution is 5.89. The number of hydrogen-bond donors (Lipinski definition) is 6. The van der Waals surface area contributed by atoms with Gasteiger partial charge in [-0.25, -0.2) is 9.59 Å². The van der Waals surface area contributed by atoms with Gasteiger partial charge < -0.3 is 30.8 Å². The molecule has 0 spiro atoms. The molecule has 0 fully saturated rings. The third kappa shape index (κ3) is 10.5. The van der Waals surface area contributed by atoms with E-state index < -0.39 is 18.0 Å². The predicted octanol–water partition coefficient (Wildman–Crippen LogP) is 2.06. The highest BCUT2D eigenvalue weighted by Crippen LogP contribution is 2.24. The van der Waals surface area contributed by atoms with Gasteiger partial charge in [-0.15, -0.1) is 0 Å². The fourth-order valence-electron chi connectivity index (χ4n) is 2.42. The Hall–Kier alpha value is -3.36. The summed E-state index contributed by atoms with van der Waals surface area (Å²) in [7, 11) is 0. The van der Waals surface area contributed by atoms with Gasteiger partial charge in [0.05, 0.1) is 6.10 Å². The molecule has 8 nitrogen and oxygen atoms in total. The Morgan fingerprint density at radius 3 is 1.97 bits per heavy atom. The summed E-state index contributed by atoms with van der Waals surface area (Å²) in [4.78, 5) is 19.1. The Bertz CT molecular complexity index is 785. The molecule has 6 N–H and O–H groups in total. The van der Waals surface area contributed by atoms with Crippen molar-refractivity contribution in [2.75, 3.05) is 6.54 Å². The molecule has 0 amide bonds. The molecule has 0 aliphatic carbocycles. The molecule has 0 aromatic heterocycles. The molecule has 29 heavy (non-hydrogen) atoms. The van der Waals surface area contributed by atoms with E-state index in [9.17, 15) is 24.9 Å². The zero-order chi connectivity index (χ0) is 21.8. The lowest BCUT2D eigenvalue weighted by Gasteiger charge is -2.18. The summed E-state index contributed by atoms with van der Waals surface area (Å²) in [6.07, 6.45) is 1.21. The minimum absolute atomic E-state index is 0.0543. The third-order valence-electron chi connectivity index (χ3n) is 3.72. The van der Waals surface area contributed by atoms with Crippen LogP contribution >= 0.6 is 0 Å². The second-order valence-electron chi connectivity index (χ2n) is 6.31. The fourth-order valence-corrected chi connectivity index (χ4v) is 2.42. The van der Waals surface area contributed by atoms with Gasteiger partial charge in [0.1, 0.15) is 11.5 Å². The van der Waals surface area contributed by atoms with Crippen LogP contribution in [0.4, 0.5) is 0 Å². The number of aliphatic hydroxyl groups is 1. The van der Waals surface area contributed by atoms with Crippen molar-refractivity contribution in [2.45, 2.75) is 25.5 Å². The van der Waals surface area contributed by atoms with Gasteiger partial charge in [0, 0.05) is 30.8 Å². The van der Waals surface area contributed by atoms with E-state index in [1.807, 2.05) is 18.2 Å². The number of nitrogens with one attached hydrogen (secondary N) is 1. The van der Waals surface area contributed by atoms with Crippen molar-refractivity contribution >= 4 is 11.9 Å². The first-order chi connectivity index (χ1) is 13.7. The number of carbonyl (C=O) groups is 2. The SMILES string of the molecule is C[C@@H](Cc1ccccc1)NC[C@H](O)c1cc(O)cc(O)c1.O=C(O)/C=C/C(=O)O. The molecule has 2 aromatic rings. The Kier molecular flexibility index (Phi) is 9.94. The van der Waals surface area contributed by atoms with Gasteiger partial charge in [-0.2, -0.15) is 0 Å². The second-order valence-corrected chi connectivity index (χ2v) is 6.31. The number of carboxylic acids is 2. The van der Waals surface area contributed by atoms with E-state index in [0.29, 0.717) is 24.3 Å². The summed E-state index contributed by atoms with van der Waals surface area (Å²) in [5.41, 5.74) is 1.73. The minimum atomic E-state index is -1.26. The van der Waals surface area contributed by atoms with Crippen molar-refractivity contribution < 1.29 is 35.1 Å². The number of hydrogen-bond acceptors (Lipinski definition) is 6. The van der Waals surface area contributed by atoms with Crippen LogP contribution in [0.3, 0.4) is 0 Å². The molecule has 2 rings (SSSR count). The zero-order valence-corrected chi connectivity index (χ0v) is 15.9. The predicted molar refractivity (Wildman–Crippen MR) is 107 cm³/mol. The van der Waals surface area contributed by atoms with Gasteiger partial charge in [-0.3, -0.25) is 0 Å². The lowest BCUT2D eigenvalue weighted by atomic mass is 10.1. The van der Waals surface area contributed by atoms with E-state index >= 15 is 0 Å². The Morgan fingerprint density at radius 1 is 0.966 bits per heavy atom. The average molecular weight is 403 g/mol. The summed E-state index contributed by atoms with van der Waals surface area (Å²) in [5.74, 6) is -2.62. The van der Waals surface area contributed by atoms with E-state index in [1.54, 1.807) is 0 Å². The average Bonchev–Trinajstić information content (AvgIpc) is 2.65. The molecule has 0 aliphatic heterocycles. The molecule has 2 aromatic carbocycles. The molecule has 0 aliphatic rings. The van der Waals surface area contributed by atoms with Crippen molar-refractivity contribution in [3.8, 4) is 11.5 Å². The van der Waals surface area contributed by atoms with E-state index in [0.717, 1.165) is 6.42 Å². The van der Waals surface area contributed by atoms with Gasteiger partial charge in [0.25, 0.3) is 0 Å². The van der Waals surface area contributed by atoms with Gasteiger partial charge in [0.2, 0.25) is 0 Å². The van der Waals surface area contributed by atoms with Crippen molar-refractivity contribution in [1.29, 1.82) is 0 Å². The third-order valence-corrected chi connectivity index (χ3v) is 3.72.